The number of allylic oxidation sites excluding steroid dienone is 2. The lowest BCUT2D eigenvalue weighted by atomic mass is 9.90. The van der Waals surface area contributed by atoms with E-state index in [1.165, 1.54) is 25.3 Å². The third-order valence-electron chi connectivity index (χ3n) is 6.14. The molecule has 36 heavy (non-hydrogen) atoms. The smallest absolute Gasteiger partial charge is 0.411 e. The van der Waals surface area contributed by atoms with E-state index < -0.39 is 21.7 Å². The first kappa shape index (κ1) is 26.6. The van der Waals surface area contributed by atoms with Crippen LogP contribution in [0.2, 0.25) is 0 Å². The number of hydrogen-bond donors (Lipinski definition) is 2. The van der Waals surface area contributed by atoms with E-state index >= 15 is 0 Å². The van der Waals surface area contributed by atoms with Crippen molar-refractivity contribution >= 4 is 33.1 Å². The maximum absolute atomic E-state index is 13.4. The molecule has 4 rings (SSSR count). The highest BCUT2D eigenvalue weighted by molar-refractivity contribution is 7.89. The summed E-state index contributed by atoms with van der Waals surface area (Å²) in [7, 11) is -3.88. The fourth-order valence-electron chi connectivity index (χ4n) is 4.51. The van der Waals surface area contributed by atoms with Crippen LogP contribution < -0.4 is 10.0 Å². The lowest BCUT2D eigenvalue weighted by Crippen LogP contribution is -2.40. The zero-order valence-corrected chi connectivity index (χ0v) is 22.8. The van der Waals surface area contributed by atoms with Crippen molar-refractivity contribution in [2.24, 2.45) is 0 Å². The minimum atomic E-state index is -3.88. The van der Waals surface area contributed by atoms with Crippen molar-refractivity contribution in [1.29, 1.82) is 0 Å². The van der Waals surface area contributed by atoms with Gasteiger partial charge in [-0.05, 0) is 64.2 Å². The first-order valence-electron chi connectivity index (χ1n) is 12.5. The number of nitrogens with one attached hydrogen (secondary N) is 2. The maximum Gasteiger partial charge on any atom is 0.411 e. The fourth-order valence-corrected chi connectivity index (χ4v) is 7.37. The molecule has 194 valence electrons. The molecule has 1 heterocycles. The van der Waals surface area contributed by atoms with Gasteiger partial charge in [-0.3, -0.25) is 5.32 Å². The van der Waals surface area contributed by atoms with Gasteiger partial charge in [0.25, 0.3) is 0 Å². The highest BCUT2D eigenvalue weighted by Crippen LogP contribution is 2.39. The monoisotopic (exact) mass is 529 g/mol. The summed E-state index contributed by atoms with van der Waals surface area (Å²) in [5.41, 5.74) is 1.20. The Kier molecular flexibility index (Phi) is 8.32. The van der Waals surface area contributed by atoms with Crippen molar-refractivity contribution in [2.45, 2.75) is 82.1 Å². The predicted molar refractivity (Wildman–Crippen MR) is 145 cm³/mol. The first-order valence-corrected chi connectivity index (χ1v) is 14.8. The minimum Gasteiger partial charge on any atom is -0.444 e. The van der Waals surface area contributed by atoms with E-state index in [1.807, 2.05) is 18.2 Å². The molecule has 0 unspecified atom stereocenters. The van der Waals surface area contributed by atoms with Crippen molar-refractivity contribution in [1.82, 2.24) is 9.71 Å². The van der Waals surface area contributed by atoms with Crippen LogP contribution in [0.15, 0.2) is 53.1 Å². The molecule has 1 aromatic heterocycles. The Morgan fingerprint density at radius 2 is 1.94 bits per heavy atom. The average Bonchev–Trinajstić information content (AvgIpc) is 3.33. The number of nitrogens with zero attached hydrogens (tertiary/aromatic N) is 1. The maximum atomic E-state index is 13.4. The number of thiazole rings is 1. The van der Waals surface area contributed by atoms with Gasteiger partial charge in [-0.1, -0.05) is 43.6 Å². The molecule has 0 atom stereocenters. The summed E-state index contributed by atoms with van der Waals surface area (Å²) in [6, 6.07) is 4.92. The zero-order valence-electron chi connectivity index (χ0n) is 21.2. The summed E-state index contributed by atoms with van der Waals surface area (Å²) in [6.07, 6.45) is 15.0. The summed E-state index contributed by atoms with van der Waals surface area (Å²) >= 11 is 1.56. The third-order valence-corrected chi connectivity index (χ3v) is 9.13. The quantitative estimate of drug-likeness (QED) is 0.413. The molecule has 7 nitrogen and oxygen atoms in total. The lowest BCUT2D eigenvalue weighted by Gasteiger charge is -2.22. The highest BCUT2D eigenvalue weighted by atomic mass is 32.2. The number of rotatable bonds is 7. The molecular formula is C27H35N3O4S2. The number of carbonyl (C=O) groups is 1. The number of ether oxygens (including phenoxy) is 1. The Balaban J connectivity index is 1.59. The molecule has 1 aromatic carbocycles. The van der Waals surface area contributed by atoms with Crippen LogP contribution in [0, 0.1) is 0 Å². The second-order valence-corrected chi connectivity index (χ2v) is 13.1. The first-order chi connectivity index (χ1) is 17.1. The molecule has 2 aliphatic carbocycles. The molecule has 0 bridgehead atoms. The Hall–Kier alpha value is -2.49. The average molecular weight is 530 g/mol. The molecule has 2 aliphatic rings. The van der Waals surface area contributed by atoms with Crippen molar-refractivity contribution in [3.8, 4) is 10.4 Å². The summed E-state index contributed by atoms with van der Waals surface area (Å²) in [5, 5.41) is 3.74. The van der Waals surface area contributed by atoms with Gasteiger partial charge >= 0.3 is 6.09 Å². The van der Waals surface area contributed by atoms with Crippen molar-refractivity contribution in [2.75, 3.05) is 11.9 Å². The van der Waals surface area contributed by atoms with Crippen LogP contribution in [-0.2, 0) is 14.8 Å². The van der Waals surface area contributed by atoms with Gasteiger partial charge in [0.05, 0.1) is 14.8 Å². The standard InChI is InChI=1S/C27H35N3O4S2/c1-27(2,3)30-36(32,33)24-16-21(29-26(31)34-18-19-10-6-4-7-11-19)14-15-22(24)23-17-28-25(35-23)20-12-8-5-9-13-20/h6,10-11,14-17,20,30H,4-5,7-9,12-13,18H2,1-3H3,(H,29,31). The van der Waals surface area contributed by atoms with Crippen LogP contribution in [0.4, 0.5) is 10.5 Å². The van der Waals surface area contributed by atoms with Crippen molar-refractivity contribution in [3.05, 3.63) is 53.2 Å². The summed E-state index contributed by atoms with van der Waals surface area (Å²) < 4.78 is 34.9. The van der Waals surface area contributed by atoms with Crippen molar-refractivity contribution < 1.29 is 17.9 Å². The summed E-state index contributed by atoms with van der Waals surface area (Å²) in [4.78, 5) is 18.0. The number of amides is 1. The largest absolute Gasteiger partial charge is 0.444 e. The third kappa shape index (κ3) is 7.05. The van der Waals surface area contributed by atoms with Crippen LogP contribution in [-0.4, -0.2) is 31.6 Å². The highest BCUT2D eigenvalue weighted by Gasteiger charge is 2.27. The second-order valence-electron chi connectivity index (χ2n) is 10.4. The number of benzene rings is 1. The fraction of sp³-hybridized carbons (Fsp3) is 0.481. The normalized spacial score (nSPS) is 17.0. The lowest BCUT2D eigenvalue weighted by molar-refractivity contribution is 0.172. The van der Waals surface area contributed by atoms with E-state index in [2.05, 4.69) is 15.0 Å². The predicted octanol–water partition coefficient (Wildman–Crippen LogP) is 6.76. The van der Waals surface area contributed by atoms with E-state index in [0.717, 1.165) is 41.1 Å². The topological polar surface area (TPSA) is 97.4 Å². The van der Waals surface area contributed by atoms with Crippen LogP contribution in [0.25, 0.3) is 10.4 Å². The molecule has 0 aliphatic heterocycles. The van der Waals surface area contributed by atoms with Gasteiger partial charge in [-0.2, -0.15) is 0 Å². The van der Waals surface area contributed by atoms with Gasteiger partial charge in [0.1, 0.15) is 6.61 Å². The molecule has 0 saturated heterocycles. The van der Waals surface area contributed by atoms with Gasteiger partial charge in [-0.25, -0.2) is 22.9 Å². The summed E-state index contributed by atoms with van der Waals surface area (Å²) in [5.74, 6) is 0.440. The van der Waals surface area contributed by atoms with E-state index in [4.69, 9.17) is 4.74 Å². The molecule has 2 N–H and O–H groups in total. The molecule has 0 spiro atoms. The zero-order chi connectivity index (χ0) is 25.8. The Morgan fingerprint density at radius 1 is 1.17 bits per heavy atom. The summed E-state index contributed by atoms with van der Waals surface area (Å²) in [6.45, 7) is 5.56. The number of hydrogen-bond acceptors (Lipinski definition) is 6. The number of aromatic nitrogens is 1. The Labute approximate surface area is 218 Å². The van der Waals surface area contributed by atoms with Gasteiger partial charge in [0.15, 0.2) is 0 Å². The van der Waals surface area contributed by atoms with E-state index in [0.29, 0.717) is 17.2 Å². The number of carbonyl (C=O) groups excluding carboxylic acids is 1. The molecule has 9 heteroatoms. The molecule has 2 aromatic rings. The van der Waals surface area contributed by atoms with Gasteiger partial charge in [0, 0.05) is 28.9 Å². The van der Waals surface area contributed by atoms with Crippen LogP contribution in [0.3, 0.4) is 0 Å². The second kappa shape index (κ2) is 11.3. The SMILES string of the molecule is CC(C)(C)NS(=O)(=O)c1cc(NC(=O)OCC2=CCCC=C2)ccc1-c1cnc(C2CCCCC2)s1. The minimum absolute atomic E-state index is 0.104. The molecular weight excluding hydrogens is 494 g/mol. The van der Waals surface area contributed by atoms with Crippen LogP contribution >= 0.6 is 11.3 Å². The molecule has 0 radical (unpaired) electrons. The molecule has 1 saturated carbocycles. The van der Waals surface area contributed by atoms with E-state index in [-0.39, 0.29) is 11.5 Å². The van der Waals surface area contributed by atoms with Gasteiger partial charge in [-0.15, -0.1) is 11.3 Å². The Morgan fingerprint density at radius 3 is 2.64 bits per heavy atom. The van der Waals surface area contributed by atoms with Gasteiger partial charge < -0.3 is 4.74 Å². The van der Waals surface area contributed by atoms with E-state index in [9.17, 15) is 13.2 Å². The van der Waals surface area contributed by atoms with E-state index in [1.54, 1.807) is 50.4 Å². The molecule has 1 amide bonds. The molecule has 1 fully saturated rings. The van der Waals surface area contributed by atoms with Crippen LogP contribution in [0.5, 0.6) is 0 Å². The van der Waals surface area contributed by atoms with Gasteiger partial charge in [0.2, 0.25) is 10.0 Å². The number of anilines is 1. The Bertz CT molecular complexity index is 1250. The van der Waals surface area contributed by atoms with Crippen molar-refractivity contribution in [3.63, 3.8) is 0 Å². The number of sulfonamides is 1. The van der Waals surface area contributed by atoms with Crippen LogP contribution in [0.1, 0.15) is 76.6 Å².